The number of benzene rings is 2. The molecule has 0 radical (unpaired) electrons. The number of hydrogen-bond donors (Lipinski definition) is 2. The lowest BCUT2D eigenvalue weighted by Crippen LogP contribution is -2.06. The molecule has 208 valence electrons. The summed E-state index contributed by atoms with van der Waals surface area (Å²) in [5, 5.41) is 16.6. The van der Waals surface area contributed by atoms with Crippen LogP contribution in [0, 0.1) is 0 Å². The molecule has 0 aromatic heterocycles. The zero-order valence-corrected chi connectivity index (χ0v) is 22.3. The summed E-state index contributed by atoms with van der Waals surface area (Å²) in [6, 6.07) is 12.6. The smallest absolute Gasteiger partial charge is 0.337 e. The molecule has 11 heteroatoms. The summed E-state index contributed by atoms with van der Waals surface area (Å²) in [7, 11) is 4.57. The monoisotopic (exact) mass is 544 g/mol. The molecule has 0 aliphatic carbocycles. The Morgan fingerprint density at radius 2 is 1.27 bits per heavy atom. The Morgan fingerprint density at radius 3 is 1.76 bits per heavy atom. The highest BCUT2D eigenvalue weighted by Gasteiger charge is 2.03. The van der Waals surface area contributed by atoms with Crippen molar-refractivity contribution in [1.82, 2.24) is 0 Å². The number of halogens is 1. The van der Waals surface area contributed by atoms with E-state index in [0.717, 1.165) is 6.42 Å². The Labute approximate surface area is 223 Å². The normalized spacial score (nSPS) is 9.86. The number of hydrogen-bond acceptors (Lipinski definition) is 10. The van der Waals surface area contributed by atoms with Gasteiger partial charge in [0.05, 0.1) is 58.9 Å². The van der Waals surface area contributed by atoms with Gasteiger partial charge in [-0.1, -0.05) is 0 Å². The van der Waals surface area contributed by atoms with Crippen LogP contribution in [0.2, 0.25) is 0 Å². The molecule has 0 saturated heterocycles. The summed E-state index contributed by atoms with van der Waals surface area (Å²) in [5.74, 6) is 0.455. The largest absolute Gasteiger partial charge is 0.508 e. The summed E-state index contributed by atoms with van der Waals surface area (Å²) >= 11 is 5.34. The minimum Gasteiger partial charge on any atom is -0.508 e. The fraction of sp³-hybridized carbons (Fsp3) is 0.462. The maximum atomic E-state index is 10.8. The molecule has 0 aliphatic rings. The molecule has 2 rings (SSSR count). The van der Waals surface area contributed by atoms with Gasteiger partial charge < -0.3 is 38.6 Å². The SMILES string of the molecule is COC(=O)c1ccc(O)cc1.COCCOCCCOc1ccc(C(=O)Cl)cc1.COCCOCCO. The minimum atomic E-state index is -0.465. The van der Waals surface area contributed by atoms with Gasteiger partial charge in [0.15, 0.2) is 0 Å². The second kappa shape index (κ2) is 23.7. The van der Waals surface area contributed by atoms with E-state index in [9.17, 15) is 9.59 Å². The molecule has 0 heterocycles. The molecule has 10 nitrogen and oxygen atoms in total. The summed E-state index contributed by atoms with van der Waals surface area (Å²) in [4.78, 5) is 21.7. The van der Waals surface area contributed by atoms with Crippen molar-refractivity contribution in [3.8, 4) is 11.5 Å². The van der Waals surface area contributed by atoms with Gasteiger partial charge in [0.25, 0.3) is 5.24 Å². The lowest BCUT2D eigenvalue weighted by molar-refractivity contribution is 0.0500. The molecule has 0 spiro atoms. The van der Waals surface area contributed by atoms with Crippen molar-refractivity contribution in [2.24, 2.45) is 0 Å². The van der Waals surface area contributed by atoms with E-state index in [1.807, 2.05) is 0 Å². The number of aromatic hydroxyl groups is 1. The van der Waals surface area contributed by atoms with Gasteiger partial charge in [-0.15, -0.1) is 0 Å². The van der Waals surface area contributed by atoms with Gasteiger partial charge in [0, 0.05) is 32.8 Å². The molecular weight excluding hydrogens is 508 g/mol. The molecule has 0 fully saturated rings. The van der Waals surface area contributed by atoms with Gasteiger partial charge in [-0.3, -0.25) is 4.79 Å². The molecule has 0 bridgehead atoms. The van der Waals surface area contributed by atoms with E-state index in [4.69, 9.17) is 40.8 Å². The van der Waals surface area contributed by atoms with E-state index in [2.05, 4.69) is 9.47 Å². The van der Waals surface area contributed by atoms with Crippen molar-refractivity contribution in [2.45, 2.75) is 6.42 Å². The van der Waals surface area contributed by atoms with Crippen LogP contribution < -0.4 is 4.74 Å². The topological polar surface area (TPSA) is 130 Å². The average molecular weight is 545 g/mol. The van der Waals surface area contributed by atoms with Crippen molar-refractivity contribution in [1.29, 1.82) is 0 Å². The third-order valence-corrected chi connectivity index (χ3v) is 4.39. The maximum absolute atomic E-state index is 10.8. The van der Waals surface area contributed by atoms with Crippen LogP contribution in [0.4, 0.5) is 0 Å². The average Bonchev–Trinajstić information content (AvgIpc) is 2.91. The quantitative estimate of drug-likeness (QED) is 0.195. The van der Waals surface area contributed by atoms with E-state index in [1.54, 1.807) is 38.5 Å². The van der Waals surface area contributed by atoms with E-state index >= 15 is 0 Å². The number of esters is 1. The van der Waals surface area contributed by atoms with E-state index in [-0.39, 0.29) is 12.4 Å². The standard InChI is InChI=1S/C13H17ClO4.C8H8O3.C5H12O3/c1-16-9-10-17-7-2-8-18-12-5-3-11(4-6-12)13(14)15;1-11-8(10)6-2-4-7(9)5-3-6;1-7-4-5-8-3-2-6/h3-6H,2,7-10H2,1H3;2-5,9H,1H3;6H,2-5H2,1H3. The molecular formula is C26H37ClO10. The fourth-order valence-corrected chi connectivity index (χ4v) is 2.43. The van der Waals surface area contributed by atoms with Crippen LogP contribution in [0.15, 0.2) is 48.5 Å². The first-order valence-electron chi connectivity index (χ1n) is 11.4. The highest BCUT2D eigenvalue weighted by molar-refractivity contribution is 6.67. The van der Waals surface area contributed by atoms with Gasteiger partial charge in [0.2, 0.25) is 0 Å². The Kier molecular flexibility index (Phi) is 21.9. The van der Waals surface area contributed by atoms with Gasteiger partial charge in [-0.05, 0) is 60.1 Å². The molecule has 37 heavy (non-hydrogen) atoms. The van der Waals surface area contributed by atoms with Crippen LogP contribution in [-0.2, 0) is 23.7 Å². The van der Waals surface area contributed by atoms with Crippen molar-refractivity contribution in [3.63, 3.8) is 0 Å². The lowest BCUT2D eigenvalue weighted by Gasteiger charge is -2.07. The zero-order chi connectivity index (χ0) is 27.7. The third kappa shape index (κ3) is 19.1. The predicted octanol–water partition coefficient (Wildman–Crippen LogP) is 3.32. The first kappa shape index (κ1) is 34.3. The number of aliphatic hydroxyl groups is 1. The number of phenolic OH excluding ortho intramolecular Hbond substituents is 1. The third-order valence-electron chi connectivity index (χ3n) is 4.17. The number of rotatable bonds is 15. The molecule has 2 aromatic rings. The highest BCUT2D eigenvalue weighted by atomic mass is 35.5. The van der Waals surface area contributed by atoms with Gasteiger partial charge in [-0.25, -0.2) is 4.79 Å². The van der Waals surface area contributed by atoms with E-state index in [1.165, 1.54) is 31.4 Å². The molecule has 0 saturated carbocycles. The second-order valence-corrected chi connectivity index (χ2v) is 7.32. The number of aliphatic hydroxyl groups excluding tert-OH is 1. The zero-order valence-electron chi connectivity index (χ0n) is 21.5. The maximum Gasteiger partial charge on any atom is 0.337 e. The fourth-order valence-electron chi connectivity index (χ4n) is 2.30. The second-order valence-electron chi connectivity index (χ2n) is 6.97. The molecule has 2 N–H and O–H groups in total. The Balaban J connectivity index is 0.000000580. The van der Waals surface area contributed by atoms with Crippen LogP contribution in [0.3, 0.4) is 0 Å². The number of ether oxygens (including phenoxy) is 6. The summed E-state index contributed by atoms with van der Waals surface area (Å²) < 4.78 is 29.6. The number of carbonyl (C=O) groups excluding carboxylic acids is 2. The van der Waals surface area contributed by atoms with Crippen LogP contribution in [-0.4, -0.2) is 95.6 Å². The summed E-state index contributed by atoms with van der Waals surface area (Å²) in [6.45, 7) is 4.07. The Hall–Kier alpha value is -2.73. The van der Waals surface area contributed by atoms with Crippen LogP contribution in [0.1, 0.15) is 27.1 Å². The van der Waals surface area contributed by atoms with Crippen molar-refractivity contribution in [2.75, 3.05) is 74.2 Å². The first-order chi connectivity index (χ1) is 17.9. The molecule has 0 unspecified atom stereocenters. The Morgan fingerprint density at radius 1 is 0.730 bits per heavy atom. The first-order valence-corrected chi connectivity index (χ1v) is 11.8. The molecule has 2 aromatic carbocycles. The molecule has 0 aliphatic heterocycles. The van der Waals surface area contributed by atoms with Crippen molar-refractivity contribution in [3.05, 3.63) is 59.7 Å². The van der Waals surface area contributed by atoms with Crippen molar-refractivity contribution >= 4 is 22.8 Å². The minimum absolute atomic E-state index is 0.0870. The van der Waals surface area contributed by atoms with Crippen LogP contribution in [0.5, 0.6) is 11.5 Å². The predicted molar refractivity (Wildman–Crippen MR) is 139 cm³/mol. The van der Waals surface area contributed by atoms with Crippen molar-refractivity contribution < 1.29 is 48.2 Å². The van der Waals surface area contributed by atoms with Gasteiger partial charge in [-0.2, -0.15) is 0 Å². The van der Waals surface area contributed by atoms with Gasteiger partial charge in [0.1, 0.15) is 11.5 Å². The Bertz CT molecular complexity index is 822. The molecule has 0 atom stereocenters. The van der Waals surface area contributed by atoms with Crippen LogP contribution >= 0.6 is 11.6 Å². The highest BCUT2D eigenvalue weighted by Crippen LogP contribution is 2.13. The lowest BCUT2D eigenvalue weighted by atomic mass is 10.2. The summed E-state index contributed by atoms with van der Waals surface area (Å²) in [6.07, 6.45) is 0.805. The van der Waals surface area contributed by atoms with Gasteiger partial charge >= 0.3 is 5.97 Å². The van der Waals surface area contributed by atoms with E-state index < -0.39 is 11.2 Å². The number of methoxy groups -OCH3 is 3. The number of phenols is 1. The molecule has 0 amide bonds. The van der Waals surface area contributed by atoms with Crippen LogP contribution in [0.25, 0.3) is 0 Å². The van der Waals surface area contributed by atoms with E-state index in [0.29, 0.717) is 63.1 Å². The summed E-state index contributed by atoms with van der Waals surface area (Å²) in [5.41, 5.74) is 0.900. The number of carbonyl (C=O) groups is 2.